The highest BCUT2D eigenvalue weighted by atomic mass is 16.3. The van der Waals surface area contributed by atoms with E-state index >= 15 is 0 Å². The molecule has 128 valence electrons. The molecule has 1 aliphatic rings. The number of urea groups is 1. The van der Waals surface area contributed by atoms with E-state index in [1.54, 1.807) is 35.2 Å². The molecule has 0 spiro atoms. The fourth-order valence-electron chi connectivity index (χ4n) is 2.78. The smallest absolute Gasteiger partial charge is 0.319 e. The molecular formula is C18H18N4O3. The maximum atomic E-state index is 12.2. The van der Waals surface area contributed by atoms with E-state index in [1.807, 2.05) is 6.07 Å². The summed E-state index contributed by atoms with van der Waals surface area (Å²) in [5.74, 6) is -0.0470. The molecule has 1 aromatic heterocycles. The summed E-state index contributed by atoms with van der Waals surface area (Å²) in [7, 11) is 0. The number of furan rings is 1. The number of hydrogen-bond donors (Lipinski definition) is 2. The first-order valence-corrected chi connectivity index (χ1v) is 8.05. The summed E-state index contributed by atoms with van der Waals surface area (Å²) >= 11 is 0. The van der Waals surface area contributed by atoms with Crippen molar-refractivity contribution in [2.24, 2.45) is 0 Å². The van der Waals surface area contributed by atoms with Crippen LogP contribution in [0.3, 0.4) is 0 Å². The third-order valence-electron chi connectivity index (χ3n) is 4.16. The quantitative estimate of drug-likeness (QED) is 0.898. The Balaban J connectivity index is 1.46. The zero-order valence-electron chi connectivity index (χ0n) is 13.6. The molecule has 0 unspecified atom stereocenters. The van der Waals surface area contributed by atoms with Crippen LogP contribution in [0.1, 0.15) is 28.8 Å². The van der Waals surface area contributed by atoms with Crippen molar-refractivity contribution in [2.45, 2.75) is 18.9 Å². The maximum Gasteiger partial charge on any atom is 0.319 e. The van der Waals surface area contributed by atoms with Gasteiger partial charge in [0.05, 0.1) is 23.5 Å². The summed E-state index contributed by atoms with van der Waals surface area (Å²) in [5.41, 5.74) is 1.72. The summed E-state index contributed by atoms with van der Waals surface area (Å²) in [4.78, 5) is 26.0. The number of nitrogens with zero attached hydrogens (tertiary/aromatic N) is 2. The monoisotopic (exact) mass is 338 g/mol. The number of benzene rings is 1. The SMILES string of the molecule is N#Cc1ccc(NC(=O)NC2CCN(C(=O)c3ccoc3)CC2)cc1. The van der Waals surface area contributed by atoms with Crippen molar-refractivity contribution in [2.75, 3.05) is 18.4 Å². The van der Waals surface area contributed by atoms with Crippen molar-refractivity contribution in [1.82, 2.24) is 10.2 Å². The first-order chi connectivity index (χ1) is 12.2. The predicted molar refractivity (Wildman–Crippen MR) is 90.9 cm³/mol. The molecule has 3 amide bonds. The average Bonchev–Trinajstić information content (AvgIpc) is 3.17. The summed E-state index contributed by atoms with van der Waals surface area (Å²) in [6.45, 7) is 1.18. The van der Waals surface area contributed by atoms with E-state index in [4.69, 9.17) is 9.68 Å². The number of nitrogens with one attached hydrogen (secondary N) is 2. The molecule has 2 N–H and O–H groups in total. The van der Waals surface area contributed by atoms with Crippen LogP contribution >= 0.6 is 0 Å². The number of carbonyl (C=O) groups excluding carboxylic acids is 2. The van der Waals surface area contributed by atoms with E-state index in [1.165, 1.54) is 12.5 Å². The van der Waals surface area contributed by atoms with Crippen LogP contribution < -0.4 is 10.6 Å². The van der Waals surface area contributed by atoms with Crippen LogP contribution in [0.2, 0.25) is 0 Å². The molecule has 3 rings (SSSR count). The molecule has 0 aliphatic carbocycles. The van der Waals surface area contributed by atoms with Gasteiger partial charge in [0, 0.05) is 24.8 Å². The molecule has 2 aromatic rings. The molecule has 0 radical (unpaired) electrons. The second-order valence-corrected chi connectivity index (χ2v) is 5.87. The zero-order valence-corrected chi connectivity index (χ0v) is 13.6. The van der Waals surface area contributed by atoms with Gasteiger partial charge in [0.25, 0.3) is 5.91 Å². The van der Waals surface area contributed by atoms with Gasteiger partial charge < -0.3 is 20.0 Å². The van der Waals surface area contributed by atoms with Gasteiger partial charge in [-0.2, -0.15) is 5.26 Å². The molecule has 2 heterocycles. The summed E-state index contributed by atoms with van der Waals surface area (Å²) in [6, 6.07) is 10.1. The first-order valence-electron chi connectivity index (χ1n) is 8.05. The van der Waals surface area contributed by atoms with Gasteiger partial charge >= 0.3 is 6.03 Å². The second-order valence-electron chi connectivity index (χ2n) is 5.87. The van der Waals surface area contributed by atoms with Crippen molar-refractivity contribution < 1.29 is 14.0 Å². The molecule has 0 saturated carbocycles. The number of amides is 3. The summed E-state index contributed by atoms with van der Waals surface area (Å²) in [6.07, 6.45) is 4.32. The molecular weight excluding hydrogens is 320 g/mol. The van der Waals surface area contributed by atoms with Crippen molar-refractivity contribution in [3.05, 3.63) is 54.0 Å². The first kappa shape index (κ1) is 16.6. The molecule has 25 heavy (non-hydrogen) atoms. The predicted octanol–water partition coefficient (Wildman–Crippen LogP) is 2.58. The van der Waals surface area contributed by atoms with Gasteiger partial charge in [0.2, 0.25) is 0 Å². The third kappa shape index (κ3) is 4.18. The Morgan fingerprint density at radius 3 is 2.48 bits per heavy atom. The maximum absolute atomic E-state index is 12.2. The van der Waals surface area contributed by atoms with E-state index in [-0.39, 0.29) is 18.0 Å². The molecule has 7 nitrogen and oxygen atoms in total. The van der Waals surface area contributed by atoms with Crippen molar-refractivity contribution in [3.63, 3.8) is 0 Å². The minimum atomic E-state index is -0.288. The summed E-state index contributed by atoms with van der Waals surface area (Å²) in [5, 5.41) is 14.4. The Morgan fingerprint density at radius 2 is 1.88 bits per heavy atom. The highest BCUT2D eigenvalue weighted by Crippen LogP contribution is 2.15. The van der Waals surface area contributed by atoms with Crippen LogP contribution in [0, 0.1) is 11.3 Å². The van der Waals surface area contributed by atoms with Crippen LogP contribution in [-0.2, 0) is 0 Å². The number of hydrogen-bond acceptors (Lipinski definition) is 4. The number of rotatable bonds is 3. The topological polar surface area (TPSA) is 98.4 Å². The van der Waals surface area contributed by atoms with Gasteiger partial charge in [0.1, 0.15) is 6.26 Å². The highest BCUT2D eigenvalue weighted by Gasteiger charge is 2.25. The third-order valence-corrected chi connectivity index (χ3v) is 4.16. The van der Waals surface area contributed by atoms with Crippen LogP contribution in [0.15, 0.2) is 47.3 Å². The Bertz CT molecular complexity index is 770. The average molecular weight is 338 g/mol. The minimum absolute atomic E-state index is 0.0202. The Kier molecular flexibility index (Phi) is 5.00. The molecule has 0 bridgehead atoms. The van der Waals surface area contributed by atoms with Crippen LogP contribution in [0.25, 0.3) is 0 Å². The fraction of sp³-hybridized carbons (Fsp3) is 0.278. The Labute approximate surface area is 145 Å². The number of nitriles is 1. The molecule has 1 aliphatic heterocycles. The minimum Gasteiger partial charge on any atom is -0.472 e. The van der Waals surface area contributed by atoms with Gasteiger partial charge in [0.15, 0.2) is 0 Å². The van der Waals surface area contributed by atoms with E-state index in [0.29, 0.717) is 42.7 Å². The zero-order chi connectivity index (χ0) is 17.6. The van der Waals surface area contributed by atoms with Gasteiger partial charge in [-0.15, -0.1) is 0 Å². The number of piperidine rings is 1. The summed E-state index contributed by atoms with van der Waals surface area (Å²) < 4.78 is 4.94. The van der Waals surface area contributed by atoms with Gasteiger partial charge in [-0.05, 0) is 43.2 Å². The lowest BCUT2D eigenvalue weighted by Gasteiger charge is -2.32. The molecule has 1 saturated heterocycles. The van der Waals surface area contributed by atoms with Crippen LogP contribution in [0.5, 0.6) is 0 Å². The number of likely N-dealkylation sites (tertiary alicyclic amines) is 1. The van der Waals surface area contributed by atoms with E-state index < -0.39 is 0 Å². The Hall–Kier alpha value is -3.27. The van der Waals surface area contributed by atoms with Crippen molar-refractivity contribution in [3.8, 4) is 6.07 Å². The Morgan fingerprint density at radius 1 is 1.16 bits per heavy atom. The van der Waals surface area contributed by atoms with Crippen molar-refractivity contribution >= 4 is 17.6 Å². The van der Waals surface area contributed by atoms with E-state index in [2.05, 4.69) is 10.6 Å². The molecule has 1 fully saturated rings. The van der Waals surface area contributed by atoms with E-state index in [9.17, 15) is 9.59 Å². The number of anilines is 1. The molecule has 1 aromatic carbocycles. The second kappa shape index (κ2) is 7.53. The van der Waals surface area contributed by atoms with Crippen LogP contribution in [-0.4, -0.2) is 36.0 Å². The van der Waals surface area contributed by atoms with E-state index in [0.717, 1.165) is 0 Å². The lowest BCUT2D eigenvalue weighted by molar-refractivity contribution is 0.0708. The fourth-order valence-corrected chi connectivity index (χ4v) is 2.78. The van der Waals surface area contributed by atoms with Crippen molar-refractivity contribution in [1.29, 1.82) is 5.26 Å². The van der Waals surface area contributed by atoms with Gasteiger partial charge in [-0.1, -0.05) is 0 Å². The normalized spacial score (nSPS) is 14.6. The molecule has 7 heteroatoms. The van der Waals surface area contributed by atoms with Gasteiger partial charge in [-0.25, -0.2) is 4.79 Å². The van der Waals surface area contributed by atoms with Gasteiger partial charge in [-0.3, -0.25) is 4.79 Å². The van der Waals surface area contributed by atoms with Crippen LogP contribution in [0.4, 0.5) is 10.5 Å². The number of carbonyl (C=O) groups is 2. The lowest BCUT2D eigenvalue weighted by atomic mass is 10.0. The lowest BCUT2D eigenvalue weighted by Crippen LogP contribution is -2.47. The largest absolute Gasteiger partial charge is 0.472 e. The standard InChI is InChI=1S/C18H18N4O3/c19-11-13-1-3-15(4-2-13)20-18(24)21-16-5-8-22(9-6-16)17(23)14-7-10-25-12-14/h1-4,7,10,12,16H,5-6,8-9H2,(H2,20,21,24). The molecule has 0 atom stereocenters. The highest BCUT2D eigenvalue weighted by molar-refractivity contribution is 5.94.